The van der Waals surface area contributed by atoms with Crippen LogP contribution >= 0.6 is 0 Å². The topological polar surface area (TPSA) is 17.1 Å². The van der Waals surface area contributed by atoms with Crippen LogP contribution in [-0.4, -0.2) is 6.04 Å². The Kier molecular flexibility index (Phi) is 6.30. The monoisotopic (exact) mass is 338 g/mol. The Morgan fingerprint density at radius 1 is 1.16 bits per heavy atom. The Hall–Kier alpha value is -2.22. The van der Waals surface area contributed by atoms with E-state index in [1.54, 1.807) is 12.1 Å². The van der Waals surface area contributed by atoms with Crippen LogP contribution in [0.25, 0.3) is 6.08 Å². The van der Waals surface area contributed by atoms with Gasteiger partial charge in [-0.1, -0.05) is 67.5 Å². The van der Waals surface area contributed by atoms with Gasteiger partial charge in [-0.25, -0.2) is 0 Å². The molecule has 1 aliphatic carbocycles. The Balaban J connectivity index is 2.05. The summed E-state index contributed by atoms with van der Waals surface area (Å²) in [6, 6.07) is 5.08. The molecule has 0 saturated carbocycles. The van der Waals surface area contributed by atoms with Crippen molar-refractivity contribution >= 4 is 12.1 Å². The molecule has 0 atom stereocenters. The third-order valence-corrected chi connectivity index (χ3v) is 4.84. The normalized spacial score (nSPS) is 18.4. The second-order valence-corrected chi connectivity index (χ2v) is 7.43. The van der Waals surface area contributed by atoms with Gasteiger partial charge in [0, 0.05) is 0 Å². The van der Waals surface area contributed by atoms with Gasteiger partial charge in [-0.2, -0.15) is 4.39 Å². The van der Waals surface area contributed by atoms with Crippen LogP contribution in [0.3, 0.4) is 0 Å². The van der Waals surface area contributed by atoms with Crippen molar-refractivity contribution in [3.63, 3.8) is 0 Å². The third-order valence-electron chi connectivity index (χ3n) is 4.84. The highest BCUT2D eigenvalue weighted by molar-refractivity contribution is 5.88. The fourth-order valence-corrected chi connectivity index (χ4v) is 3.32. The average molecular weight is 338 g/mol. The first-order chi connectivity index (χ1) is 11.8. The van der Waals surface area contributed by atoms with E-state index in [9.17, 15) is 9.18 Å². The number of carbonyl (C=O) groups is 1. The summed E-state index contributed by atoms with van der Waals surface area (Å²) in [6.07, 6.45) is 14.1. The summed E-state index contributed by atoms with van der Waals surface area (Å²) in [5.74, 6) is 0. The summed E-state index contributed by atoms with van der Waals surface area (Å²) in [4.78, 5) is 10.6. The van der Waals surface area contributed by atoms with E-state index in [1.165, 1.54) is 48.1 Å². The number of hydrogen-bond acceptors (Lipinski definition) is 1. The van der Waals surface area contributed by atoms with Gasteiger partial charge in [0.05, 0.1) is 5.56 Å². The van der Waals surface area contributed by atoms with E-state index in [0.717, 1.165) is 5.56 Å². The van der Waals surface area contributed by atoms with Crippen molar-refractivity contribution in [1.82, 2.24) is 0 Å². The van der Waals surface area contributed by atoms with Crippen LogP contribution in [0.2, 0.25) is 0 Å². The lowest BCUT2D eigenvalue weighted by atomic mass is 9.72. The summed E-state index contributed by atoms with van der Waals surface area (Å²) in [5, 5.41) is 0. The minimum Gasteiger partial charge on any atom is -0.255 e. The molecule has 132 valence electrons. The van der Waals surface area contributed by atoms with E-state index in [-0.39, 0.29) is 11.0 Å². The smallest absolute Gasteiger partial charge is 0.255 e. The standard InChI is InChI=1S/C23H27FO/c1-17(10-15-21-18(2)8-6-16-23(21,3)4)7-5-9-19-11-13-20(14-12-19)22(24)25/h5,7,9-15H,6,8,16H2,1-4H3. The first kappa shape index (κ1) is 19.1. The lowest BCUT2D eigenvalue weighted by Gasteiger charge is -2.32. The lowest BCUT2D eigenvalue weighted by Crippen LogP contribution is -2.19. The predicted molar refractivity (Wildman–Crippen MR) is 104 cm³/mol. The second kappa shape index (κ2) is 8.24. The number of allylic oxidation sites excluding steroid dienone is 7. The van der Waals surface area contributed by atoms with E-state index < -0.39 is 6.04 Å². The van der Waals surface area contributed by atoms with Crippen molar-refractivity contribution < 1.29 is 9.18 Å². The molecule has 0 amide bonds. The molecule has 0 saturated heterocycles. The van der Waals surface area contributed by atoms with Gasteiger partial charge in [-0.15, -0.1) is 0 Å². The summed E-state index contributed by atoms with van der Waals surface area (Å²) in [6.45, 7) is 8.96. The van der Waals surface area contributed by atoms with Gasteiger partial charge in [0.2, 0.25) is 0 Å². The highest BCUT2D eigenvalue weighted by Gasteiger charge is 2.26. The maximum absolute atomic E-state index is 12.6. The Bertz CT molecular complexity index is 743. The molecule has 0 spiro atoms. The van der Waals surface area contributed by atoms with Crippen LogP contribution in [-0.2, 0) is 0 Å². The van der Waals surface area contributed by atoms with E-state index in [0.29, 0.717) is 0 Å². The number of benzene rings is 1. The molecule has 0 unspecified atom stereocenters. The number of hydrogen-bond donors (Lipinski definition) is 0. The first-order valence-electron chi connectivity index (χ1n) is 8.83. The van der Waals surface area contributed by atoms with Crippen molar-refractivity contribution in [2.45, 2.75) is 47.0 Å². The average Bonchev–Trinajstić information content (AvgIpc) is 2.54. The highest BCUT2D eigenvalue weighted by atomic mass is 19.1. The van der Waals surface area contributed by atoms with Crippen molar-refractivity contribution in [3.05, 3.63) is 76.4 Å². The number of rotatable bonds is 5. The van der Waals surface area contributed by atoms with E-state index in [4.69, 9.17) is 0 Å². The quantitative estimate of drug-likeness (QED) is 0.424. The lowest BCUT2D eigenvalue weighted by molar-refractivity contribution is 0.0836. The van der Waals surface area contributed by atoms with Crippen LogP contribution < -0.4 is 0 Å². The van der Waals surface area contributed by atoms with Gasteiger partial charge in [0.25, 0.3) is 0 Å². The van der Waals surface area contributed by atoms with Crippen LogP contribution in [0, 0.1) is 5.41 Å². The predicted octanol–water partition coefficient (Wildman–Crippen LogP) is 6.84. The van der Waals surface area contributed by atoms with Gasteiger partial charge < -0.3 is 0 Å². The van der Waals surface area contributed by atoms with Crippen molar-refractivity contribution in [1.29, 1.82) is 0 Å². The molecule has 0 fully saturated rings. The zero-order valence-corrected chi connectivity index (χ0v) is 15.6. The number of halogens is 1. The molecular formula is C23H27FO. The maximum Gasteiger partial charge on any atom is 0.332 e. The SMILES string of the molecule is CC(C=CC1=C(C)CCCC1(C)C)=CC=Cc1ccc(C(=O)F)cc1. The molecule has 1 aliphatic rings. The molecule has 25 heavy (non-hydrogen) atoms. The minimum atomic E-state index is -1.40. The van der Waals surface area contributed by atoms with Gasteiger partial charge in [-0.3, -0.25) is 4.79 Å². The van der Waals surface area contributed by atoms with Gasteiger partial charge in [-0.05, 0) is 61.8 Å². The summed E-state index contributed by atoms with van der Waals surface area (Å²) in [7, 11) is 0. The van der Waals surface area contributed by atoms with E-state index >= 15 is 0 Å². The molecule has 0 N–H and O–H groups in total. The molecule has 0 aromatic heterocycles. The molecule has 1 aromatic carbocycles. The zero-order valence-electron chi connectivity index (χ0n) is 15.6. The van der Waals surface area contributed by atoms with Crippen LogP contribution in [0.4, 0.5) is 4.39 Å². The fourth-order valence-electron chi connectivity index (χ4n) is 3.32. The first-order valence-corrected chi connectivity index (χ1v) is 8.83. The Labute approximate surface area is 150 Å². The molecule has 1 aromatic rings. The maximum atomic E-state index is 12.6. The molecule has 0 bridgehead atoms. The molecular weight excluding hydrogens is 311 g/mol. The molecule has 0 aliphatic heterocycles. The van der Waals surface area contributed by atoms with Crippen LogP contribution in [0.1, 0.15) is 62.9 Å². The molecule has 0 radical (unpaired) electrons. The largest absolute Gasteiger partial charge is 0.332 e. The third kappa shape index (κ3) is 5.38. The Morgan fingerprint density at radius 2 is 1.84 bits per heavy atom. The minimum absolute atomic E-state index is 0.0885. The van der Waals surface area contributed by atoms with Crippen molar-refractivity contribution in [2.24, 2.45) is 5.41 Å². The summed E-state index contributed by atoms with van der Waals surface area (Å²) < 4.78 is 12.6. The van der Waals surface area contributed by atoms with Crippen LogP contribution in [0.5, 0.6) is 0 Å². The summed E-state index contributed by atoms with van der Waals surface area (Å²) in [5.41, 5.74) is 5.41. The number of carbonyl (C=O) groups excluding carboxylic acids is 1. The molecule has 1 nitrogen and oxygen atoms in total. The zero-order chi connectivity index (χ0) is 18.4. The van der Waals surface area contributed by atoms with Gasteiger partial charge >= 0.3 is 6.04 Å². The highest BCUT2D eigenvalue weighted by Crippen LogP contribution is 2.40. The van der Waals surface area contributed by atoms with Crippen LogP contribution in [0.15, 0.2) is 65.3 Å². The van der Waals surface area contributed by atoms with Crippen molar-refractivity contribution in [2.75, 3.05) is 0 Å². The van der Waals surface area contributed by atoms with E-state index in [2.05, 4.69) is 45.9 Å². The van der Waals surface area contributed by atoms with E-state index in [1.807, 2.05) is 12.2 Å². The van der Waals surface area contributed by atoms with Gasteiger partial charge in [0.15, 0.2) is 0 Å². The van der Waals surface area contributed by atoms with Gasteiger partial charge in [0.1, 0.15) is 0 Å². The molecule has 2 rings (SSSR count). The van der Waals surface area contributed by atoms with Crippen molar-refractivity contribution in [3.8, 4) is 0 Å². The molecule has 2 heteroatoms. The Morgan fingerprint density at radius 3 is 2.44 bits per heavy atom. The summed E-state index contributed by atoms with van der Waals surface area (Å²) >= 11 is 0. The molecule has 0 heterocycles. The second-order valence-electron chi connectivity index (χ2n) is 7.43. The fraction of sp³-hybridized carbons (Fsp3) is 0.348.